The van der Waals surface area contributed by atoms with Crippen molar-refractivity contribution in [3.63, 3.8) is 0 Å². The third kappa shape index (κ3) is 5.20. The molecule has 5 heteroatoms. The second-order valence-corrected chi connectivity index (χ2v) is 6.30. The average molecular weight is 319 g/mol. The molecule has 1 fully saturated rings. The number of anilines is 1. The summed E-state index contributed by atoms with van der Waals surface area (Å²) < 4.78 is 0. The fourth-order valence-electron chi connectivity index (χ4n) is 3.20. The fourth-order valence-corrected chi connectivity index (χ4v) is 3.20. The first-order valence-corrected chi connectivity index (χ1v) is 8.85. The number of nitrogens with zero attached hydrogens (tertiary/aromatic N) is 2. The van der Waals surface area contributed by atoms with Crippen molar-refractivity contribution in [3.8, 4) is 0 Å². The number of carbonyl (C=O) groups is 1. The molecule has 0 radical (unpaired) electrons. The third-order valence-corrected chi connectivity index (χ3v) is 4.47. The van der Waals surface area contributed by atoms with Gasteiger partial charge in [-0.05, 0) is 50.2 Å². The Balaban J connectivity index is 2.01. The van der Waals surface area contributed by atoms with Crippen LogP contribution in [0.15, 0.2) is 18.3 Å². The maximum Gasteiger partial charge on any atom is 0.255 e. The van der Waals surface area contributed by atoms with Gasteiger partial charge in [0, 0.05) is 32.4 Å². The molecule has 1 saturated heterocycles. The number of aromatic nitrogens is 1. The van der Waals surface area contributed by atoms with E-state index in [1.165, 1.54) is 6.42 Å². The van der Waals surface area contributed by atoms with Crippen LogP contribution in [0.3, 0.4) is 0 Å². The minimum atomic E-state index is -0.0577. The van der Waals surface area contributed by atoms with Gasteiger partial charge in [-0.15, -0.1) is 0 Å². The average Bonchev–Trinajstić information content (AvgIpc) is 2.60. The van der Waals surface area contributed by atoms with E-state index in [0.717, 1.165) is 51.0 Å². The summed E-state index contributed by atoms with van der Waals surface area (Å²) in [5, 5.41) is 12.2. The predicted octanol–water partition coefficient (Wildman–Crippen LogP) is 2.60. The van der Waals surface area contributed by atoms with Crippen LogP contribution in [0.5, 0.6) is 0 Å². The van der Waals surface area contributed by atoms with Crippen molar-refractivity contribution in [2.24, 2.45) is 5.92 Å². The molecule has 1 unspecified atom stereocenters. The van der Waals surface area contributed by atoms with Crippen LogP contribution in [0.1, 0.15) is 55.8 Å². The van der Waals surface area contributed by atoms with Gasteiger partial charge in [0.15, 0.2) is 0 Å². The highest BCUT2D eigenvalue weighted by Crippen LogP contribution is 2.21. The van der Waals surface area contributed by atoms with Gasteiger partial charge in [-0.3, -0.25) is 4.79 Å². The Labute approximate surface area is 139 Å². The second-order valence-electron chi connectivity index (χ2n) is 6.30. The topological polar surface area (TPSA) is 65.5 Å². The van der Waals surface area contributed by atoms with E-state index in [4.69, 9.17) is 5.11 Å². The molecule has 1 aromatic rings. The van der Waals surface area contributed by atoms with E-state index in [1.807, 2.05) is 12.1 Å². The van der Waals surface area contributed by atoms with Crippen molar-refractivity contribution in [1.82, 2.24) is 10.3 Å². The smallest absolute Gasteiger partial charge is 0.255 e. The summed E-state index contributed by atoms with van der Waals surface area (Å²) in [4.78, 5) is 19.2. The Bertz CT molecular complexity index is 481. The molecule has 1 atom stereocenters. The van der Waals surface area contributed by atoms with Crippen LogP contribution in [0.25, 0.3) is 0 Å². The van der Waals surface area contributed by atoms with Crippen molar-refractivity contribution in [3.05, 3.63) is 23.9 Å². The summed E-state index contributed by atoms with van der Waals surface area (Å²) in [6.07, 6.45) is 8.15. The van der Waals surface area contributed by atoms with Crippen molar-refractivity contribution >= 4 is 11.7 Å². The van der Waals surface area contributed by atoms with Crippen molar-refractivity contribution in [2.75, 3.05) is 31.1 Å². The zero-order valence-electron chi connectivity index (χ0n) is 14.1. The van der Waals surface area contributed by atoms with Crippen molar-refractivity contribution in [2.45, 2.75) is 45.4 Å². The molecule has 0 aromatic carbocycles. The molecule has 2 rings (SSSR count). The van der Waals surface area contributed by atoms with Crippen LogP contribution in [0.4, 0.5) is 5.82 Å². The molecule has 2 N–H and O–H groups in total. The van der Waals surface area contributed by atoms with Gasteiger partial charge in [-0.1, -0.05) is 13.3 Å². The maximum absolute atomic E-state index is 12.6. The quantitative estimate of drug-likeness (QED) is 0.773. The number of rotatable bonds is 8. The van der Waals surface area contributed by atoms with Crippen LogP contribution in [0.2, 0.25) is 0 Å². The Morgan fingerprint density at radius 3 is 2.83 bits per heavy atom. The number of aliphatic hydroxyl groups is 1. The van der Waals surface area contributed by atoms with Crippen molar-refractivity contribution < 1.29 is 9.90 Å². The van der Waals surface area contributed by atoms with E-state index in [9.17, 15) is 4.79 Å². The number of amides is 1. The van der Waals surface area contributed by atoms with E-state index in [2.05, 4.69) is 22.1 Å². The van der Waals surface area contributed by atoms with Gasteiger partial charge in [0.1, 0.15) is 5.82 Å². The highest BCUT2D eigenvalue weighted by molar-refractivity contribution is 5.98. The molecular formula is C18H29N3O2. The number of pyridine rings is 1. The molecular weight excluding hydrogens is 290 g/mol. The number of piperidine rings is 1. The minimum absolute atomic E-state index is 0.0577. The maximum atomic E-state index is 12.6. The van der Waals surface area contributed by atoms with Gasteiger partial charge < -0.3 is 15.3 Å². The van der Waals surface area contributed by atoms with Gasteiger partial charge >= 0.3 is 0 Å². The zero-order valence-corrected chi connectivity index (χ0v) is 14.1. The highest BCUT2D eigenvalue weighted by atomic mass is 16.3. The monoisotopic (exact) mass is 319 g/mol. The standard InChI is InChI=1S/C18H29N3O2/c1-2-7-15(9-13-22)14-20-18(23)16-8-6-10-19-17(16)21-11-4-3-5-12-21/h6,8,10,15,22H,2-5,7,9,11-14H2,1H3,(H,20,23). The van der Waals surface area contributed by atoms with Crippen LogP contribution >= 0.6 is 0 Å². The summed E-state index contributed by atoms with van der Waals surface area (Å²) in [7, 11) is 0. The Morgan fingerprint density at radius 1 is 1.35 bits per heavy atom. The summed E-state index contributed by atoms with van der Waals surface area (Å²) in [5.74, 6) is 1.08. The first-order chi connectivity index (χ1) is 11.3. The lowest BCUT2D eigenvalue weighted by Gasteiger charge is -2.29. The Morgan fingerprint density at radius 2 is 2.13 bits per heavy atom. The predicted molar refractivity (Wildman–Crippen MR) is 92.7 cm³/mol. The van der Waals surface area contributed by atoms with Gasteiger partial charge in [-0.2, -0.15) is 0 Å². The largest absolute Gasteiger partial charge is 0.396 e. The molecule has 1 amide bonds. The first-order valence-electron chi connectivity index (χ1n) is 8.85. The Kier molecular flexibility index (Phi) is 7.33. The lowest BCUT2D eigenvalue weighted by atomic mass is 10.00. The molecule has 1 aliphatic rings. The molecule has 23 heavy (non-hydrogen) atoms. The van der Waals surface area contributed by atoms with Gasteiger partial charge in [0.2, 0.25) is 0 Å². The van der Waals surface area contributed by atoms with Crippen LogP contribution < -0.4 is 10.2 Å². The number of aliphatic hydroxyl groups excluding tert-OH is 1. The molecule has 0 spiro atoms. The molecule has 5 nitrogen and oxygen atoms in total. The zero-order chi connectivity index (χ0) is 16.5. The molecule has 0 aliphatic carbocycles. The number of nitrogens with one attached hydrogen (secondary N) is 1. The molecule has 1 aromatic heterocycles. The first kappa shape index (κ1) is 17.7. The van der Waals surface area contributed by atoms with Crippen LogP contribution in [-0.2, 0) is 0 Å². The minimum Gasteiger partial charge on any atom is -0.396 e. The Hall–Kier alpha value is -1.62. The normalized spacial score (nSPS) is 16.2. The number of hydrogen-bond donors (Lipinski definition) is 2. The lowest BCUT2D eigenvalue weighted by molar-refractivity contribution is 0.0943. The molecule has 2 heterocycles. The van der Waals surface area contributed by atoms with Crippen molar-refractivity contribution in [1.29, 1.82) is 0 Å². The van der Waals surface area contributed by atoms with E-state index >= 15 is 0 Å². The third-order valence-electron chi connectivity index (χ3n) is 4.47. The summed E-state index contributed by atoms with van der Waals surface area (Å²) in [6.45, 7) is 4.86. The van der Waals surface area contributed by atoms with Crippen LogP contribution in [-0.4, -0.2) is 42.2 Å². The van der Waals surface area contributed by atoms with Gasteiger partial charge in [0.25, 0.3) is 5.91 Å². The summed E-state index contributed by atoms with van der Waals surface area (Å²) in [6, 6.07) is 3.67. The van der Waals surface area contributed by atoms with Gasteiger partial charge in [-0.25, -0.2) is 4.98 Å². The molecule has 0 saturated carbocycles. The van der Waals surface area contributed by atoms with Gasteiger partial charge in [0.05, 0.1) is 5.56 Å². The summed E-state index contributed by atoms with van der Waals surface area (Å²) in [5.41, 5.74) is 0.661. The van der Waals surface area contributed by atoms with Crippen LogP contribution in [0, 0.1) is 5.92 Å². The number of carbonyl (C=O) groups excluding carboxylic acids is 1. The van der Waals surface area contributed by atoms with E-state index in [0.29, 0.717) is 18.0 Å². The molecule has 128 valence electrons. The molecule has 0 bridgehead atoms. The van der Waals surface area contributed by atoms with E-state index < -0.39 is 0 Å². The van der Waals surface area contributed by atoms with E-state index in [1.54, 1.807) is 6.20 Å². The molecule has 1 aliphatic heterocycles. The van der Waals surface area contributed by atoms with E-state index in [-0.39, 0.29) is 12.5 Å². The summed E-state index contributed by atoms with van der Waals surface area (Å²) >= 11 is 0. The SMILES string of the molecule is CCCC(CCO)CNC(=O)c1cccnc1N1CCCCC1. The number of hydrogen-bond acceptors (Lipinski definition) is 4. The fraction of sp³-hybridized carbons (Fsp3) is 0.667. The second kappa shape index (κ2) is 9.50. The highest BCUT2D eigenvalue weighted by Gasteiger charge is 2.20. The lowest BCUT2D eigenvalue weighted by Crippen LogP contribution is -2.35.